The van der Waals surface area contributed by atoms with E-state index >= 15 is 0 Å². The Morgan fingerprint density at radius 3 is 2.43 bits per heavy atom. The monoisotopic (exact) mass is 380 g/mol. The highest BCUT2D eigenvalue weighted by Gasteiger charge is 2.11. The number of aromatic nitrogens is 1. The van der Waals surface area contributed by atoms with Gasteiger partial charge in [0.2, 0.25) is 0 Å². The van der Waals surface area contributed by atoms with Gasteiger partial charge in [0.25, 0.3) is 0 Å². The fourth-order valence-electron chi connectivity index (χ4n) is 2.67. The van der Waals surface area contributed by atoms with E-state index in [2.05, 4.69) is 10.3 Å². The van der Waals surface area contributed by atoms with Crippen LogP contribution in [0.15, 0.2) is 66.9 Å². The molecule has 1 heterocycles. The number of methoxy groups -OCH3 is 2. The lowest BCUT2D eigenvalue weighted by molar-refractivity contribution is 0.209. The number of nitrogens with zero attached hydrogens (tertiary/aromatic N) is 1. The molecule has 0 spiro atoms. The molecule has 0 amide bonds. The van der Waals surface area contributed by atoms with Gasteiger partial charge in [-0.1, -0.05) is 24.3 Å². The first kappa shape index (κ1) is 19.4. The summed E-state index contributed by atoms with van der Waals surface area (Å²) in [6, 6.07) is 19.0. The average molecular weight is 380 g/mol. The summed E-state index contributed by atoms with van der Waals surface area (Å²) in [5, 5.41) is 3.29. The van der Waals surface area contributed by atoms with E-state index in [4.69, 9.17) is 18.9 Å². The molecule has 3 aromatic rings. The van der Waals surface area contributed by atoms with Crippen LogP contribution >= 0.6 is 0 Å². The highest BCUT2D eigenvalue weighted by molar-refractivity contribution is 5.48. The minimum Gasteiger partial charge on any atom is -0.497 e. The fraction of sp³-hybridized carbons (Fsp3) is 0.227. The van der Waals surface area contributed by atoms with Gasteiger partial charge in [0.15, 0.2) is 11.5 Å². The highest BCUT2D eigenvalue weighted by Crippen LogP contribution is 2.31. The molecule has 6 nitrogen and oxygen atoms in total. The quantitative estimate of drug-likeness (QED) is 0.533. The van der Waals surface area contributed by atoms with Crippen molar-refractivity contribution in [2.24, 2.45) is 0 Å². The van der Waals surface area contributed by atoms with Crippen LogP contribution in [0.2, 0.25) is 0 Å². The smallest absolute Gasteiger partial charge is 0.166 e. The van der Waals surface area contributed by atoms with Crippen LogP contribution in [0.1, 0.15) is 5.56 Å². The molecule has 1 aromatic heterocycles. The van der Waals surface area contributed by atoms with Crippen molar-refractivity contribution in [1.82, 2.24) is 4.98 Å². The maximum atomic E-state index is 5.98. The number of anilines is 1. The summed E-state index contributed by atoms with van der Waals surface area (Å²) < 4.78 is 22.4. The third-order valence-electron chi connectivity index (χ3n) is 4.04. The van der Waals surface area contributed by atoms with E-state index in [-0.39, 0.29) is 0 Å². The Labute approximate surface area is 165 Å². The van der Waals surface area contributed by atoms with Crippen LogP contribution in [0.25, 0.3) is 0 Å². The molecule has 0 saturated carbocycles. The molecule has 1 N–H and O–H groups in total. The Bertz CT molecular complexity index is 871. The SMILES string of the molecule is COc1cccc(OCCOc2c(CNc3ccccn3)cccc2OC)c1. The van der Waals surface area contributed by atoms with E-state index < -0.39 is 0 Å². The molecule has 0 saturated heterocycles. The van der Waals surface area contributed by atoms with Crippen molar-refractivity contribution in [3.8, 4) is 23.0 Å². The van der Waals surface area contributed by atoms with Gasteiger partial charge in [-0.3, -0.25) is 0 Å². The van der Waals surface area contributed by atoms with Crippen molar-refractivity contribution in [2.75, 3.05) is 32.8 Å². The summed E-state index contributed by atoms with van der Waals surface area (Å²) in [5.41, 5.74) is 0.978. The number of hydrogen-bond donors (Lipinski definition) is 1. The molecule has 0 atom stereocenters. The molecule has 0 fully saturated rings. The minimum absolute atomic E-state index is 0.383. The second-order valence-electron chi connectivity index (χ2n) is 5.89. The number of nitrogens with one attached hydrogen (secondary N) is 1. The molecule has 0 radical (unpaired) electrons. The Morgan fingerprint density at radius 2 is 1.64 bits per heavy atom. The van der Waals surface area contributed by atoms with Gasteiger partial charge in [-0.25, -0.2) is 4.98 Å². The summed E-state index contributed by atoms with van der Waals surface area (Å²) in [4.78, 5) is 4.28. The lowest BCUT2D eigenvalue weighted by atomic mass is 10.2. The molecule has 0 unspecified atom stereocenters. The largest absolute Gasteiger partial charge is 0.497 e. The summed E-state index contributed by atoms with van der Waals surface area (Å²) in [7, 11) is 3.26. The molecule has 2 aromatic carbocycles. The lowest BCUT2D eigenvalue weighted by Gasteiger charge is -2.16. The fourth-order valence-corrected chi connectivity index (χ4v) is 2.67. The van der Waals surface area contributed by atoms with Gasteiger partial charge in [-0.05, 0) is 30.3 Å². The number of ether oxygens (including phenoxy) is 4. The number of benzene rings is 2. The molecule has 146 valence electrons. The molecule has 6 heteroatoms. The number of para-hydroxylation sites is 1. The number of rotatable bonds is 10. The normalized spacial score (nSPS) is 10.2. The zero-order valence-corrected chi connectivity index (χ0v) is 16.1. The topological polar surface area (TPSA) is 61.8 Å². The van der Waals surface area contributed by atoms with Gasteiger partial charge < -0.3 is 24.3 Å². The van der Waals surface area contributed by atoms with Crippen LogP contribution in [0.4, 0.5) is 5.82 Å². The van der Waals surface area contributed by atoms with E-state index in [1.54, 1.807) is 20.4 Å². The third-order valence-corrected chi connectivity index (χ3v) is 4.04. The highest BCUT2D eigenvalue weighted by atomic mass is 16.5. The first-order valence-corrected chi connectivity index (χ1v) is 9.00. The van der Waals surface area contributed by atoms with Gasteiger partial charge >= 0.3 is 0 Å². The van der Waals surface area contributed by atoms with Crippen molar-refractivity contribution in [1.29, 1.82) is 0 Å². The van der Waals surface area contributed by atoms with Crippen LogP contribution in [-0.4, -0.2) is 32.4 Å². The standard InChI is InChI=1S/C22H24N2O4/c1-25-18-8-6-9-19(15-18)27-13-14-28-22-17(7-5-10-20(22)26-2)16-24-21-11-3-4-12-23-21/h3-12,15H,13-14,16H2,1-2H3,(H,23,24). The van der Waals surface area contributed by atoms with E-state index in [1.165, 1.54) is 0 Å². The van der Waals surface area contributed by atoms with Crippen molar-refractivity contribution in [3.63, 3.8) is 0 Å². The maximum Gasteiger partial charge on any atom is 0.166 e. The summed E-state index contributed by atoms with van der Waals surface area (Å²) in [6.07, 6.45) is 1.75. The molecular formula is C22H24N2O4. The Balaban J connectivity index is 1.60. The molecule has 3 rings (SSSR count). The summed E-state index contributed by atoms with van der Waals surface area (Å²) in [6.45, 7) is 1.35. The molecule has 0 aliphatic rings. The zero-order valence-electron chi connectivity index (χ0n) is 16.1. The van der Waals surface area contributed by atoms with Crippen molar-refractivity contribution >= 4 is 5.82 Å². The van der Waals surface area contributed by atoms with Crippen LogP contribution in [0.3, 0.4) is 0 Å². The molecule has 0 aliphatic carbocycles. The van der Waals surface area contributed by atoms with Crippen LogP contribution < -0.4 is 24.3 Å². The maximum absolute atomic E-state index is 5.98. The van der Waals surface area contributed by atoms with Gasteiger partial charge in [0.1, 0.15) is 30.5 Å². The molecule has 0 bridgehead atoms. The average Bonchev–Trinajstić information content (AvgIpc) is 2.76. The van der Waals surface area contributed by atoms with Crippen LogP contribution in [0.5, 0.6) is 23.0 Å². The van der Waals surface area contributed by atoms with Gasteiger partial charge in [0.05, 0.1) is 14.2 Å². The molecule has 0 aliphatic heterocycles. The lowest BCUT2D eigenvalue weighted by Crippen LogP contribution is -2.12. The van der Waals surface area contributed by atoms with Crippen molar-refractivity contribution in [3.05, 3.63) is 72.4 Å². The first-order chi connectivity index (χ1) is 13.8. The second-order valence-corrected chi connectivity index (χ2v) is 5.89. The summed E-state index contributed by atoms with van der Waals surface area (Å²) >= 11 is 0. The van der Waals surface area contributed by atoms with Crippen LogP contribution in [0, 0.1) is 0 Å². The Hall–Kier alpha value is -3.41. The Kier molecular flexibility index (Phi) is 6.95. The van der Waals surface area contributed by atoms with Gasteiger partial charge in [-0.2, -0.15) is 0 Å². The number of hydrogen-bond acceptors (Lipinski definition) is 6. The van der Waals surface area contributed by atoms with E-state index in [0.717, 1.165) is 22.9 Å². The summed E-state index contributed by atoms with van der Waals surface area (Å²) in [5.74, 6) is 3.67. The van der Waals surface area contributed by atoms with Crippen molar-refractivity contribution < 1.29 is 18.9 Å². The predicted molar refractivity (Wildman–Crippen MR) is 109 cm³/mol. The third kappa shape index (κ3) is 5.30. The zero-order chi connectivity index (χ0) is 19.6. The second kappa shape index (κ2) is 10.1. The number of pyridine rings is 1. The van der Waals surface area contributed by atoms with Crippen molar-refractivity contribution in [2.45, 2.75) is 6.54 Å². The minimum atomic E-state index is 0.383. The molecular weight excluding hydrogens is 356 g/mol. The van der Waals surface area contributed by atoms with E-state index in [1.807, 2.05) is 60.7 Å². The molecule has 28 heavy (non-hydrogen) atoms. The van der Waals surface area contributed by atoms with E-state index in [9.17, 15) is 0 Å². The van der Waals surface area contributed by atoms with Gasteiger partial charge in [-0.15, -0.1) is 0 Å². The van der Waals surface area contributed by atoms with E-state index in [0.29, 0.717) is 31.3 Å². The van der Waals surface area contributed by atoms with Crippen LogP contribution in [-0.2, 0) is 6.54 Å². The van der Waals surface area contributed by atoms with Gasteiger partial charge in [0, 0.05) is 24.4 Å². The Morgan fingerprint density at radius 1 is 0.821 bits per heavy atom. The predicted octanol–water partition coefficient (Wildman–Crippen LogP) is 4.17. The first-order valence-electron chi connectivity index (χ1n) is 9.00.